The number of amides is 1. The molecule has 0 radical (unpaired) electrons. The van der Waals surface area contributed by atoms with E-state index in [0.717, 1.165) is 19.4 Å². The summed E-state index contributed by atoms with van der Waals surface area (Å²) in [5, 5.41) is 8.62. The number of aromatic nitrogens is 3. The van der Waals surface area contributed by atoms with Crippen LogP contribution >= 0.6 is 11.8 Å². The van der Waals surface area contributed by atoms with Crippen LogP contribution in [0.15, 0.2) is 5.16 Å². The first kappa shape index (κ1) is 14.2. The van der Waals surface area contributed by atoms with Gasteiger partial charge in [0.25, 0.3) is 0 Å². The summed E-state index contributed by atoms with van der Waals surface area (Å²) in [6.07, 6.45) is 2.28. The third-order valence-corrected chi connectivity index (χ3v) is 4.11. The van der Waals surface area contributed by atoms with E-state index in [1.165, 1.54) is 11.8 Å². The van der Waals surface area contributed by atoms with Gasteiger partial charge in [0.05, 0.1) is 5.75 Å². The number of anilines is 1. The van der Waals surface area contributed by atoms with Gasteiger partial charge in [-0.15, -0.1) is 10.2 Å². The highest BCUT2D eigenvalue weighted by Crippen LogP contribution is 2.28. The van der Waals surface area contributed by atoms with E-state index in [0.29, 0.717) is 22.9 Å². The standard InChI is InChI=1S/C12H21N5OS/c1-4-16(9-5-6-9)10(18)7-19-12-15-14-11(13)17(12)8(2)3/h8-9H,4-7H2,1-3H3,(H2,13,14). The van der Waals surface area contributed by atoms with Gasteiger partial charge in [0.1, 0.15) is 0 Å². The molecule has 0 spiro atoms. The molecule has 0 bridgehead atoms. The average molecular weight is 283 g/mol. The summed E-state index contributed by atoms with van der Waals surface area (Å²) >= 11 is 1.41. The second-order valence-electron chi connectivity index (χ2n) is 5.00. The third kappa shape index (κ3) is 3.20. The largest absolute Gasteiger partial charge is 0.368 e. The Morgan fingerprint density at radius 3 is 2.74 bits per heavy atom. The van der Waals surface area contributed by atoms with Crippen LogP contribution in [0.2, 0.25) is 0 Å². The van der Waals surface area contributed by atoms with Crippen LogP contribution in [0, 0.1) is 0 Å². The number of hydrogen-bond donors (Lipinski definition) is 1. The Labute approximate surface area is 117 Å². The fourth-order valence-corrected chi connectivity index (χ4v) is 3.07. The van der Waals surface area contributed by atoms with Gasteiger partial charge in [0, 0.05) is 18.6 Å². The highest BCUT2D eigenvalue weighted by atomic mass is 32.2. The SMILES string of the molecule is CCN(C(=O)CSc1nnc(N)n1C(C)C)C1CC1. The summed E-state index contributed by atoms with van der Waals surface area (Å²) < 4.78 is 1.85. The Kier molecular flexibility index (Phi) is 4.34. The lowest BCUT2D eigenvalue weighted by atomic mass is 10.4. The molecule has 1 aromatic heterocycles. The summed E-state index contributed by atoms with van der Waals surface area (Å²) in [6, 6.07) is 0.657. The second-order valence-corrected chi connectivity index (χ2v) is 5.95. The molecule has 6 nitrogen and oxygen atoms in total. The summed E-state index contributed by atoms with van der Waals surface area (Å²) in [4.78, 5) is 14.1. The normalized spacial score (nSPS) is 14.9. The monoisotopic (exact) mass is 283 g/mol. The first-order valence-corrected chi connectivity index (χ1v) is 7.65. The maximum Gasteiger partial charge on any atom is 0.233 e. The molecule has 1 heterocycles. The Morgan fingerprint density at radius 1 is 1.53 bits per heavy atom. The molecule has 1 amide bonds. The van der Waals surface area contributed by atoms with Crippen molar-refractivity contribution in [2.45, 2.75) is 50.9 Å². The Bertz CT molecular complexity index is 455. The smallest absolute Gasteiger partial charge is 0.233 e. The van der Waals surface area contributed by atoms with Crippen LogP contribution in [0.1, 0.15) is 39.7 Å². The fraction of sp³-hybridized carbons (Fsp3) is 0.750. The minimum Gasteiger partial charge on any atom is -0.368 e. The molecular formula is C12H21N5OS. The predicted octanol–water partition coefficient (Wildman–Crippen LogP) is 1.54. The van der Waals surface area contributed by atoms with Crippen LogP contribution in [-0.2, 0) is 4.79 Å². The number of thioether (sulfide) groups is 1. The van der Waals surface area contributed by atoms with Crippen molar-refractivity contribution >= 4 is 23.6 Å². The molecule has 2 rings (SSSR count). The van der Waals surface area contributed by atoms with Crippen molar-refractivity contribution in [2.75, 3.05) is 18.0 Å². The zero-order valence-corrected chi connectivity index (χ0v) is 12.5. The van der Waals surface area contributed by atoms with Gasteiger partial charge in [0.2, 0.25) is 11.9 Å². The maximum absolute atomic E-state index is 12.1. The second kappa shape index (κ2) is 5.81. The Morgan fingerprint density at radius 2 is 2.21 bits per heavy atom. The van der Waals surface area contributed by atoms with Crippen molar-refractivity contribution in [3.8, 4) is 0 Å². The van der Waals surface area contributed by atoms with Gasteiger partial charge < -0.3 is 10.6 Å². The Hall–Kier alpha value is -1.24. The summed E-state index contributed by atoms with van der Waals surface area (Å²) in [6.45, 7) is 6.85. The quantitative estimate of drug-likeness (QED) is 0.801. The van der Waals surface area contributed by atoms with Gasteiger partial charge in [0.15, 0.2) is 5.16 Å². The van der Waals surface area contributed by atoms with Crippen molar-refractivity contribution in [3.63, 3.8) is 0 Å². The summed E-state index contributed by atoms with van der Waals surface area (Å²) in [5.74, 6) is 0.973. The van der Waals surface area contributed by atoms with Crippen molar-refractivity contribution < 1.29 is 4.79 Å². The van der Waals surface area contributed by atoms with Crippen molar-refractivity contribution in [1.82, 2.24) is 19.7 Å². The molecule has 0 saturated heterocycles. The van der Waals surface area contributed by atoms with Crippen molar-refractivity contribution in [3.05, 3.63) is 0 Å². The van der Waals surface area contributed by atoms with Crippen molar-refractivity contribution in [2.24, 2.45) is 0 Å². The summed E-state index contributed by atoms with van der Waals surface area (Å²) in [5.41, 5.74) is 5.77. The van der Waals surface area contributed by atoms with Crippen LogP contribution in [0.3, 0.4) is 0 Å². The molecule has 19 heavy (non-hydrogen) atoms. The van der Waals surface area contributed by atoms with Crippen LogP contribution < -0.4 is 5.73 Å². The van der Waals surface area contributed by atoms with E-state index in [1.807, 2.05) is 30.2 Å². The molecule has 1 saturated carbocycles. The first-order chi connectivity index (χ1) is 9.04. The van der Waals surface area contributed by atoms with E-state index in [4.69, 9.17) is 5.73 Å². The van der Waals surface area contributed by atoms with Gasteiger partial charge in [-0.25, -0.2) is 0 Å². The molecule has 0 aliphatic heterocycles. The molecule has 0 unspecified atom stereocenters. The van der Waals surface area contributed by atoms with Gasteiger partial charge in [-0.1, -0.05) is 11.8 Å². The van der Waals surface area contributed by atoms with Gasteiger partial charge in [-0.2, -0.15) is 0 Å². The van der Waals surface area contributed by atoms with Gasteiger partial charge >= 0.3 is 0 Å². The number of nitrogen functional groups attached to an aromatic ring is 1. The Balaban J connectivity index is 1.96. The number of carbonyl (C=O) groups excluding carboxylic acids is 1. The average Bonchev–Trinajstić information content (AvgIpc) is 3.10. The van der Waals surface area contributed by atoms with Crippen LogP contribution in [0.5, 0.6) is 0 Å². The van der Waals surface area contributed by atoms with E-state index < -0.39 is 0 Å². The lowest BCUT2D eigenvalue weighted by Gasteiger charge is -2.20. The lowest BCUT2D eigenvalue weighted by molar-refractivity contribution is -0.128. The van der Waals surface area contributed by atoms with E-state index in [-0.39, 0.29) is 11.9 Å². The molecule has 0 atom stereocenters. The number of nitrogens with two attached hydrogens (primary N) is 1. The highest BCUT2D eigenvalue weighted by Gasteiger charge is 2.31. The fourth-order valence-electron chi connectivity index (χ4n) is 2.11. The molecule has 1 fully saturated rings. The zero-order chi connectivity index (χ0) is 14.0. The molecule has 1 aromatic rings. The van der Waals surface area contributed by atoms with E-state index >= 15 is 0 Å². The third-order valence-electron chi connectivity index (χ3n) is 3.18. The highest BCUT2D eigenvalue weighted by molar-refractivity contribution is 7.99. The number of nitrogens with zero attached hydrogens (tertiary/aromatic N) is 4. The molecule has 106 valence electrons. The van der Waals surface area contributed by atoms with Crippen LogP contribution in [0.25, 0.3) is 0 Å². The molecule has 0 aromatic carbocycles. The van der Waals surface area contributed by atoms with Gasteiger partial charge in [-0.3, -0.25) is 9.36 Å². The predicted molar refractivity (Wildman–Crippen MR) is 76.0 cm³/mol. The molecule has 2 N–H and O–H groups in total. The summed E-state index contributed by atoms with van der Waals surface area (Å²) in [7, 11) is 0. The minimum atomic E-state index is 0.173. The molecular weight excluding hydrogens is 262 g/mol. The topological polar surface area (TPSA) is 77.0 Å². The number of hydrogen-bond acceptors (Lipinski definition) is 5. The van der Waals surface area contributed by atoms with Gasteiger partial charge in [-0.05, 0) is 33.6 Å². The van der Waals surface area contributed by atoms with Crippen LogP contribution in [-0.4, -0.2) is 43.9 Å². The molecule has 7 heteroatoms. The van der Waals surface area contributed by atoms with E-state index in [1.54, 1.807) is 0 Å². The van der Waals surface area contributed by atoms with E-state index in [9.17, 15) is 4.79 Å². The zero-order valence-electron chi connectivity index (χ0n) is 11.7. The molecule has 1 aliphatic rings. The number of carbonyl (C=O) groups is 1. The van der Waals surface area contributed by atoms with Crippen LogP contribution in [0.4, 0.5) is 5.95 Å². The lowest BCUT2D eigenvalue weighted by Crippen LogP contribution is -2.34. The first-order valence-electron chi connectivity index (χ1n) is 6.67. The van der Waals surface area contributed by atoms with E-state index in [2.05, 4.69) is 10.2 Å². The van der Waals surface area contributed by atoms with Crippen molar-refractivity contribution in [1.29, 1.82) is 0 Å². The minimum absolute atomic E-state index is 0.173. The maximum atomic E-state index is 12.1. The number of rotatable bonds is 6. The molecule has 1 aliphatic carbocycles.